The number of aliphatic hydroxyl groups excluding tert-OH is 1. The number of amides is 1. The van der Waals surface area contributed by atoms with Crippen LogP contribution in [-0.4, -0.2) is 42.0 Å². The van der Waals surface area contributed by atoms with Crippen LogP contribution in [-0.2, 0) is 14.3 Å². The molecule has 0 radical (unpaired) electrons. The van der Waals surface area contributed by atoms with Crippen molar-refractivity contribution >= 4 is 5.91 Å². The molecule has 2 aliphatic rings. The number of hydrogen-bond donors (Lipinski definition) is 2. The Morgan fingerprint density at radius 2 is 2.36 bits per heavy atom. The average molecular weight is 159 g/mol. The molecule has 0 aromatic rings. The molecule has 1 amide bonds. The van der Waals surface area contributed by atoms with Crippen molar-refractivity contribution in [1.82, 2.24) is 0 Å². The molecular weight excluding hydrogens is 150 g/mol. The lowest BCUT2D eigenvalue weighted by Gasteiger charge is -1.99. The Morgan fingerprint density at radius 3 is 2.73 bits per heavy atom. The molecule has 11 heavy (non-hydrogen) atoms. The van der Waals surface area contributed by atoms with Gasteiger partial charge in [-0.3, -0.25) is 4.79 Å². The minimum Gasteiger partial charge on any atom is -0.387 e. The number of epoxide rings is 2. The molecule has 0 unspecified atom stereocenters. The summed E-state index contributed by atoms with van der Waals surface area (Å²) >= 11 is 0. The first kappa shape index (κ1) is 7.02. The summed E-state index contributed by atoms with van der Waals surface area (Å²) < 4.78 is 9.65. The van der Waals surface area contributed by atoms with Crippen LogP contribution in [0.1, 0.15) is 0 Å². The maximum Gasteiger partial charge on any atom is 0.249 e. The first-order valence-corrected chi connectivity index (χ1v) is 3.44. The number of primary amides is 1. The maximum absolute atomic E-state index is 10.5. The fraction of sp³-hybridized carbons (Fsp3) is 0.833. The van der Waals surface area contributed by atoms with Gasteiger partial charge in [0.1, 0.15) is 18.3 Å². The van der Waals surface area contributed by atoms with Crippen LogP contribution in [0.3, 0.4) is 0 Å². The van der Waals surface area contributed by atoms with E-state index in [9.17, 15) is 9.90 Å². The molecule has 5 heteroatoms. The van der Waals surface area contributed by atoms with Crippen LogP contribution >= 0.6 is 0 Å². The summed E-state index contributed by atoms with van der Waals surface area (Å²) in [7, 11) is 0. The highest BCUT2D eigenvalue weighted by Gasteiger charge is 2.53. The van der Waals surface area contributed by atoms with Crippen molar-refractivity contribution in [3.8, 4) is 0 Å². The van der Waals surface area contributed by atoms with Crippen molar-refractivity contribution < 1.29 is 19.4 Å². The number of nitrogens with two attached hydrogens (primary N) is 1. The molecule has 2 heterocycles. The maximum atomic E-state index is 10.5. The number of aliphatic hydroxyl groups is 1. The largest absolute Gasteiger partial charge is 0.387 e. The van der Waals surface area contributed by atoms with Crippen molar-refractivity contribution in [2.75, 3.05) is 6.61 Å². The number of carbonyl (C=O) groups excluding carboxylic acids is 1. The molecule has 0 saturated carbocycles. The lowest BCUT2D eigenvalue weighted by atomic mass is 10.1. The minimum atomic E-state index is -0.688. The van der Waals surface area contributed by atoms with Gasteiger partial charge in [-0.25, -0.2) is 0 Å². The minimum absolute atomic E-state index is 0.149. The molecule has 0 spiro atoms. The molecule has 62 valence electrons. The van der Waals surface area contributed by atoms with Crippen molar-refractivity contribution in [1.29, 1.82) is 0 Å². The second-order valence-corrected chi connectivity index (χ2v) is 2.79. The summed E-state index contributed by atoms with van der Waals surface area (Å²) in [4.78, 5) is 10.5. The summed E-state index contributed by atoms with van der Waals surface area (Å²) in [5.74, 6) is -0.519. The van der Waals surface area contributed by atoms with Crippen LogP contribution in [0.5, 0.6) is 0 Å². The standard InChI is InChI=1S/C6H9NO4/c7-6(9)5-4(11-5)3(8)2-1-10-2/h2-5,8H,1H2,(H2,7,9)/t2-,3-,4-,5-/m1/s1. The molecule has 5 nitrogen and oxygen atoms in total. The molecule has 3 N–H and O–H groups in total. The van der Waals surface area contributed by atoms with E-state index in [1.807, 2.05) is 0 Å². The third kappa shape index (κ3) is 1.22. The quantitative estimate of drug-likeness (QED) is 0.466. The van der Waals surface area contributed by atoms with Gasteiger partial charge in [-0.15, -0.1) is 0 Å². The Kier molecular flexibility index (Phi) is 1.38. The molecule has 2 saturated heterocycles. The second-order valence-electron chi connectivity index (χ2n) is 2.79. The van der Waals surface area contributed by atoms with Gasteiger partial charge in [-0.1, -0.05) is 0 Å². The summed E-state index contributed by atoms with van der Waals surface area (Å²) in [6, 6.07) is 0. The lowest BCUT2D eigenvalue weighted by Crippen LogP contribution is -2.28. The fourth-order valence-corrected chi connectivity index (χ4v) is 1.08. The van der Waals surface area contributed by atoms with Crippen molar-refractivity contribution in [2.24, 2.45) is 5.73 Å². The van der Waals surface area contributed by atoms with Crippen LogP contribution < -0.4 is 5.73 Å². The molecular formula is C6H9NO4. The highest BCUT2D eigenvalue weighted by atomic mass is 16.6. The van der Waals surface area contributed by atoms with Crippen molar-refractivity contribution in [2.45, 2.75) is 24.4 Å². The van der Waals surface area contributed by atoms with Gasteiger partial charge in [0.25, 0.3) is 0 Å². The van der Waals surface area contributed by atoms with Gasteiger partial charge in [0.2, 0.25) is 5.91 Å². The van der Waals surface area contributed by atoms with E-state index in [1.54, 1.807) is 0 Å². The zero-order valence-electron chi connectivity index (χ0n) is 5.77. The van der Waals surface area contributed by atoms with Crippen molar-refractivity contribution in [3.05, 3.63) is 0 Å². The molecule has 0 bridgehead atoms. The van der Waals surface area contributed by atoms with E-state index < -0.39 is 24.2 Å². The summed E-state index contributed by atoms with van der Waals surface area (Å²) in [6.07, 6.45) is -1.87. The Hall–Kier alpha value is -0.650. The van der Waals surface area contributed by atoms with Crippen LogP contribution in [0.15, 0.2) is 0 Å². The monoisotopic (exact) mass is 159 g/mol. The Morgan fingerprint density at radius 1 is 1.73 bits per heavy atom. The van der Waals surface area contributed by atoms with E-state index in [0.29, 0.717) is 6.61 Å². The normalized spacial score (nSPS) is 43.2. The van der Waals surface area contributed by atoms with Gasteiger partial charge in [-0.2, -0.15) is 0 Å². The van der Waals surface area contributed by atoms with Crippen LogP contribution in [0.2, 0.25) is 0 Å². The molecule has 0 aromatic carbocycles. The highest BCUT2D eigenvalue weighted by molar-refractivity contribution is 5.82. The van der Waals surface area contributed by atoms with Gasteiger partial charge in [0, 0.05) is 0 Å². The average Bonchev–Trinajstić information content (AvgIpc) is 2.83. The zero-order valence-corrected chi connectivity index (χ0v) is 5.77. The van der Waals surface area contributed by atoms with E-state index in [2.05, 4.69) is 0 Å². The predicted octanol–water partition coefficient (Wildman–Crippen LogP) is -2.00. The van der Waals surface area contributed by atoms with Gasteiger partial charge in [0.15, 0.2) is 6.10 Å². The molecule has 2 rings (SSSR count). The lowest BCUT2D eigenvalue weighted by molar-refractivity contribution is -0.119. The molecule has 0 aliphatic carbocycles. The third-order valence-corrected chi connectivity index (χ3v) is 1.88. The van der Waals surface area contributed by atoms with E-state index in [0.717, 1.165) is 0 Å². The Bertz CT molecular complexity index is 191. The SMILES string of the molecule is NC(=O)[C@@H]1O[C@@H]1[C@H](O)[C@H]1CO1. The Labute approximate surface area is 63.1 Å². The first-order chi connectivity index (χ1) is 5.20. The molecule has 2 aliphatic heterocycles. The van der Waals surface area contributed by atoms with E-state index in [1.165, 1.54) is 0 Å². The van der Waals surface area contributed by atoms with Crippen LogP contribution in [0.25, 0.3) is 0 Å². The summed E-state index contributed by atoms with van der Waals surface area (Å²) in [5.41, 5.74) is 4.93. The second kappa shape index (κ2) is 2.17. The smallest absolute Gasteiger partial charge is 0.249 e. The number of ether oxygens (including phenoxy) is 2. The van der Waals surface area contributed by atoms with E-state index >= 15 is 0 Å². The van der Waals surface area contributed by atoms with Crippen molar-refractivity contribution in [3.63, 3.8) is 0 Å². The zero-order chi connectivity index (χ0) is 8.01. The summed E-state index contributed by atoms with van der Waals surface area (Å²) in [5, 5.41) is 9.29. The molecule has 4 atom stereocenters. The predicted molar refractivity (Wildman–Crippen MR) is 33.6 cm³/mol. The van der Waals surface area contributed by atoms with Crippen LogP contribution in [0.4, 0.5) is 0 Å². The van der Waals surface area contributed by atoms with Gasteiger partial charge >= 0.3 is 0 Å². The van der Waals surface area contributed by atoms with E-state index in [4.69, 9.17) is 15.2 Å². The first-order valence-electron chi connectivity index (χ1n) is 3.44. The third-order valence-electron chi connectivity index (χ3n) is 1.88. The van der Waals surface area contributed by atoms with E-state index in [-0.39, 0.29) is 6.10 Å². The number of hydrogen-bond acceptors (Lipinski definition) is 4. The van der Waals surface area contributed by atoms with Gasteiger partial charge in [0.05, 0.1) is 6.61 Å². The summed E-state index contributed by atoms with van der Waals surface area (Å²) in [6.45, 7) is 0.548. The van der Waals surface area contributed by atoms with Gasteiger partial charge in [-0.05, 0) is 0 Å². The van der Waals surface area contributed by atoms with Gasteiger partial charge < -0.3 is 20.3 Å². The number of carbonyl (C=O) groups is 1. The topological polar surface area (TPSA) is 88.4 Å². The fourth-order valence-electron chi connectivity index (χ4n) is 1.08. The molecule has 0 aromatic heterocycles. The number of rotatable bonds is 3. The molecule has 2 fully saturated rings. The Balaban J connectivity index is 1.84. The van der Waals surface area contributed by atoms with Crippen LogP contribution in [0, 0.1) is 0 Å². The highest BCUT2D eigenvalue weighted by Crippen LogP contribution is 2.31.